The molecule has 0 heterocycles. The summed E-state index contributed by atoms with van der Waals surface area (Å²) in [6, 6.07) is 0.664. The van der Waals surface area contributed by atoms with Gasteiger partial charge >= 0.3 is 5.97 Å². The van der Waals surface area contributed by atoms with Gasteiger partial charge in [-0.2, -0.15) is 0 Å². The van der Waals surface area contributed by atoms with Gasteiger partial charge < -0.3 is 10.1 Å². The van der Waals surface area contributed by atoms with Crippen molar-refractivity contribution >= 4 is 5.97 Å². The van der Waals surface area contributed by atoms with Crippen LogP contribution in [0.4, 0.5) is 0 Å². The number of hydrogen-bond donors (Lipinski definition) is 1. The van der Waals surface area contributed by atoms with Gasteiger partial charge in [0.15, 0.2) is 0 Å². The van der Waals surface area contributed by atoms with E-state index in [1.807, 2.05) is 6.92 Å². The van der Waals surface area contributed by atoms with Crippen molar-refractivity contribution in [3.05, 3.63) is 0 Å². The summed E-state index contributed by atoms with van der Waals surface area (Å²) < 4.78 is 4.93. The maximum atomic E-state index is 11.2. The van der Waals surface area contributed by atoms with Crippen molar-refractivity contribution in [2.45, 2.75) is 64.3 Å². The zero-order chi connectivity index (χ0) is 12.1. The highest BCUT2D eigenvalue weighted by Crippen LogP contribution is 2.51. The van der Waals surface area contributed by atoms with E-state index in [9.17, 15) is 4.79 Å². The normalized spacial score (nSPS) is 26.5. The second-order valence-electron chi connectivity index (χ2n) is 5.52. The van der Waals surface area contributed by atoms with Crippen LogP contribution in [0.25, 0.3) is 0 Å². The van der Waals surface area contributed by atoms with E-state index in [2.05, 4.69) is 5.32 Å². The summed E-state index contributed by atoms with van der Waals surface area (Å²) in [7, 11) is 0. The Balaban J connectivity index is 1.67. The first-order valence-corrected chi connectivity index (χ1v) is 7.16. The summed E-state index contributed by atoms with van der Waals surface area (Å²) in [5.41, 5.74) is 0.590. The Kier molecular flexibility index (Phi) is 4.43. The van der Waals surface area contributed by atoms with Crippen molar-refractivity contribution in [2.24, 2.45) is 5.41 Å². The second kappa shape index (κ2) is 5.85. The van der Waals surface area contributed by atoms with Crippen LogP contribution in [-0.2, 0) is 9.53 Å². The van der Waals surface area contributed by atoms with Crippen LogP contribution in [0.3, 0.4) is 0 Å². The van der Waals surface area contributed by atoms with Crippen LogP contribution in [0.5, 0.6) is 0 Å². The molecule has 2 aliphatic rings. The van der Waals surface area contributed by atoms with E-state index >= 15 is 0 Å². The minimum atomic E-state index is -0.0722. The molecule has 1 spiro atoms. The van der Waals surface area contributed by atoms with Gasteiger partial charge in [0, 0.05) is 12.6 Å². The molecule has 2 fully saturated rings. The van der Waals surface area contributed by atoms with E-state index in [-0.39, 0.29) is 5.97 Å². The fourth-order valence-electron chi connectivity index (χ4n) is 3.45. The standard InChI is InChI=1S/C14H25NO2/c1-2-17-13(16)7-11-15-12-6-10-14(12)8-4-3-5-9-14/h12,15H,2-11H2,1H3. The number of rotatable bonds is 5. The van der Waals surface area contributed by atoms with Crippen molar-refractivity contribution < 1.29 is 9.53 Å². The summed E-state index contributed by atoms with van der Waals surface area (Å²) >= 11 is 0. The van der Waals surface area contributed by atoms with E-state index in [0.29, 0.717) is 24.5 Å². The van der Waals surface area contributed by atoms with Crippen LogP contribution in [0.15, 0.2) is 0 Å². The van der Waals surface area contributed by atoms with Crippen LogP contribution < -0.4 is 5.32 Å². The molecule has 0 aromatic rings. The quantitative estimate of drug-likeness (QED) is 0.750. The molecular formula is C14H25NO2. The fourth-order valence-corrected chi connectivity index (χ4v) is 3.45. The third-order valence-electron chi connectivity index (χ3n) is 4.54. The van der Waals surface area contributed by atoms with Crippen LogP contribution in [0.2, 0.25) is 0 Å². The topological polar surface area (TPSA) is 38.3 Å². The van der Waals surface area contributed by atoms with E-state index in [0.717, 1.165) is 6.54 Å². The second-order valence-corrected chi connectivity index (χ2v) is 5.52. The predicted octanol–water partition coefficient (Wildman–Crippen LogP) is 2.64. The number of nitrogens with one attached hydrogen (secondary N) is 1. The number of esters is 1. The molecule has 2 rings (SSSR count). The summed E-state index contributed by atoms with van der Waals surface area (Å²) in [5.74, 6) is -0.0722. The molecule has 0 bridgehead atoms. The van der Waals surface area contributed by atoms with Gasteiger partial charge in [-0.15, -0.1) is 0 Å². The maximum Gasteiger partial charge on any atom is 0.307 e. The highest BCUT2D eigenvalue weighted by Gasteiger charge is 2.46. The lowest BCUT2D eigenvalue weighted by molar-refractivity contribution is -0.143. The van der Waals surface area contributed by atoms with E-state index in [1.54, 1.807) is 0 Å². The van der Waals surface area contributed by atoms with Gasteiger partial charge in [-0.3, -0.25) is 4.79 Å². The molecule has 0 aromatic heterocycles. The van der Waals surface area contributed by atoms with Crippen molar-refractivity contribution in [1.29, 1.82) is 0 Å². The molecule has 1 atom stereocenters. The summed E-state index contributed by atoms with van der Waals surface area (Å²) in [6.07, 6.45) is 10.2. The highest BCUT2D eigenvalue weighted by molar-refractivity contribution is 5.69. The first kappa shape index (κ1) is 12.9. The van der Waals surface area contributed by atoms with E-state index in [1.165, 1.54) is 44.9 Å². The van der Waals surface area contributed by atoms with Crippen molar-refractivity contribution in [3.63, 3.8) is 0 Å². The smallest absolute Gasteiger partial charge is 0.307 e. The average Bonchev–Trinajstić information content (AvgIpc) is 2.35. The molecule has 98 valence electrons. The van der Waals surface area contributed by atoms with E-state index < -0.39 is 0 Å². The average molecular weight is 239 g/mol. The molecule has 1 unspecified atom stereocenters. The summed E-state index contributed by atoms with van der Waals surface area (Å²) in [5, 5.41) is 3.57. The Morgan fingerprint density at radius 3 is 2.65 bits per heavy atom. The van der Waals surface area contributed by atoms with Gasteiger partial charge in [0.2, 0.25) is 0 Å². The van der Waals surface area contributed by atoms with Crippen LogP contribution in [0.1, 0.15) is 58.3 Å². The Morgan fingerprint density at radius 2 is 2.06 bits per heavy atom. The minimum Gasteiger partial charge on any atom is -0.466 e. The van der Waals surface area contributed by atoms with Gasteiger partial charge in [-0.1, -0.05) is 19.3 Å². The zero-order valence-electron chi connectivity index (χ0n) is 11.0. The third kappa shape index (κ3) is 3.01. The molecule has 0 amide bonds. The molecule has 1 N–H and O–H groups in total. The lowest BCUT2D eigenvalue weighted by atomic mass is 9.57. The SMILES string of the molecule is CCOC(=O)CCNC1CCC12CCCCC2. The Bertz CT molecular complexity index is 259. The van der Waals surface area contributed by atoms with Crippen molar-refractivity contribution in [2.75, 3.05) is 13.2 Å². The minimum absolute atomic E-state index is 0.0722. The van der Waals surface area contributed by atoms with Crippen LogP contribution in [-0.4, -0.2) is 25.2 Å². The van der Waals surface area contributed by atoms with Crippen LogP contribution >= 0.6 is 0 Å². The first-order valence-electron chi connectivity index (χ1n) is 7.16. The molecule has 17 heavy (non-hydrogen) atoms. The highest BCUT2D eigenvalue weighted by atomic mass is 16.5. The van der Waals surface area contributed by atoms with Gasteiger partial charge in [-0.25, -0.2) is 0 Å². The Labute approximate surface area is 104 Å². The molecule has 2 aliphatic carbocycles. The predicted molar refractivity (Wildman–Crippen MR) is 67.8 cm³/mol. The fraction of sp³-hybridized carbons (Fsp3) is 0.929. The third-order valence-corrected chi connectivity index (χ3v) is 4.54. The number of carbonyl (C=O) groups is 1. The summed E-state index contributed by atoms with van der Waals surface area (Å²) in [4.78, 5) is 11.2. The maximum absolute atomic E-state index is 11.2. The molecular weight excluding hydrogens is 214 g/mol. The molecule has 0 saturated heterocycles. The zero-order valence-corrected chi connectivity index (χ0v) is 11.0. The number of carbonyl (C=O) groups excluding carboxylic acids is 1. The largest absolute Gasteiger partial charge is 0.466 e. The number of hydrogen-bond acceptors (Lipinski definition) is 3. The molecule has 3 nitrogen and oxygen atoms in total. The van der Waals surface area contributed by atoms with Gasteiger partial charge in [0.25, 0.3) is 0 Å². The van der Waals surface area contributed by atoms with Gasteiger partial charge in [0.05, 0.1) is 13.0 Å². The van der Waals surface area contributed by atoms with E-state index in [4.69, 9.17) is 4.74 Å². The van der Waals surface area contributed by atoms with Gasteiger partial charge in [-0.05, 0) is 38.0 Å². The van der Waals surface area contributed by atoms with Gasteiger partial charge in [0.1, 0.15) is 0 Å². The molecule has 0 aliphatic heterocycles. The Morgan fingerprint density at radius 1 is 1.29 bits per heavy atom. The lowest BCUT2D eigenvalue weighted by Gasteiger charge is -2.52. The Hall–Kier alpha value is -0.570. The summed E-state index contributed by atoms with van der Waals surface area (Å²) in [6.45, 7) is 3.13. The van der Waals surface area contributed by atoms with Crippen molar-refractivity contribution in [1.82, 2.24) is 5.32 Å². The van der Waals surface area contributed by atoms with Crippen LogP contribution in [0, 0.1) is 5.41 Å². The lowest BCUT2D eigenvalue weighted by Crippen LogP contribution is -2.54. The molecule has 3 heteroatoms. The molecule has 0 aromatic carbocycles. The monoisotopic (exact) mass is 239 g/mol. The van der Waals surface area contributed by atoms with Crippen molar-refractivity contribution in [3.8, 4) is 0 Å². The molecule has 0 radical (unpaired) electrons. The molecule has 2 saturated carbocycles. The first-order chi connectivity index (χ1) is 8.27. The number of ether oxygens (including phenoxy) is 1.